The molecule has 0 saturated carbocycles. The smallest absolute Gasteiger partial charge is 0.0319 e. The SMILES string of the molecule is CC(C)CC1=[C-]CC=C1.CO.CO.CO.[Hf]. The van der Waals surface area contributed by atoms with Crippen LogP contribution in [0.3, 0.4) is 0 Å². The summed E-state index contributed by atoms with van der Waals surface area (Å²) in [5.74, 6) is 0.773. The van der Waals surface area contributed by atoms with Gasteiger partial charge in [0.25, 0.3) is 0 Å². The summed E-state index contributed by atoms with van der Waals surface area (Å²) in [4.78, 5) is 0. The molecule has 0 spiro atoms. The molecule has 0 amide bonds. The Hall–Kier alpha value is 0.230. The van der Waals surface area contributed by atoms with Gasteiger partial charge in [0, 0.05) is 47.2 Å². The van der Waals surface area contributed by atoms with Gasteiger partial charge in [-0.15, -0.1) is 6.42 Å². The van der Waals surface area contributed by atoms with Crippen LogP contribution in [0.1, 0.15) is 26.7 Å². The molecule has 96 valence electrons. The van der Waals surface area contributed by atoms with Gasteiger partial charge in [0.05, 0.1) is 0 Å². The minimum absolute atomic E-state index is 0. The van der Waals surface area contributed by atoms with Crippen LogP contribution in [0.4, 0.5) is 0 Å². The third kappa shape index (κ3) is 19.8. The van der Waals surface area contributed by atoms with E-state index in [0.717, 1.165) is 33.7 Å². The van der Waals surface area contributed by atoms with E-state index < -0.39 is 0 Å². The molecular weight excluding hydrogens is 371 g/mol. The number of aliphatic hydroxyl groups is 3. The summed E-state index contributed by atoms with van der Waals surface area (Å²) in [7, 11) is 3.00. The first-order chi connectivity index (χ1) is 7.29. The van der Waals surface area contributed by atoms with Gasteiger partial charge in [0.2, 0.25) is 0 Å². The first-order valence-electron chi connectivity index (χ1n) is 4.89. The molecule has 1 rings (SSSR count). The molecule has 0 bridgehead atoms. The topological polar surface area (TPSA) is 60.7 Å². The predicted molar refractivity (Wildman–Crippen MR) is 64.4 cm³/mol. The quantitative estimate of drug-likeness (QED) is 0.491. The Morgan fingerprint density at radius 1 is 1.12 bits per heavy atom. The summed E-state index contributed by atoms with van der Waals surface area (Å²) in [6.45, 7) is 4.47. The molecule has 1 aliphatic rings. The van der Waals surface area contributed by atoms with Crippen LogP contribution in [0.2, 0.25) is 0 Å². The van der Waals surface area contributed by atoms with Crippen molar-refractivity contribution in [1.82, 2.24) is 0 Å². The van der Waals surface area contributed by atoms with Crippen molar-refractivity contribution in [1.29, 1.82) is 0 Å². The van der Waals surface area contributed by atoms with Gasteiger partial charge in [0.15, 0.2) is 0 Å². The van der Waals surface area contributed by atoms with Gasteiger partial charge in [-0.3, -0.25) is 6.08 Å². The third-order valence-electron chi connectivity index (χ3n) is 1.39. The molecule has 0 fully saturated rings. The average Bonchev–Trinajstić information content (AvgIpc) is 2.78. The molecule has 3 nitrogen and oxygen atoms in total. The van der Waals surface area contributed by atoms with Crippen LogP contribution >= 0.6 is 0 Å². The van der Waals surface area contributed by atoms with Gasteiger partial charge in [0.1, 0.15) is 0 Å². The summed E-state index contributed by atoms with van der Waals surface area (Å²) in [5, 5.41) is 21.0. The number of hydrogen-bond donors (Lipinski definition) is 3. The largest absolute Gasteiger partial charge is 0.400 e. The van der Waals surface area contributed by atoms with Crippen LogP contribution in [0.5, 0.6) is 0 Å². The Labute approximate surface area is 119 Å². The zero-order chi connectivity index (χ0) is 12.7. The van der Waals surface area contributed by atoms with E-state index in [0.29, 0.717) is 0 Å². The van der Waals surface area contributed by atoms with E-state index in [-0.39, 0.29) is 25.8 Å². The first-order valence-corrected chi connectivity index (χ1v) is 4.89. The van der Waals surface area contributed by atoms with Gasteiger partial charge < -0.3 is 15.3 Å². The van der Waals surface area contributed by atoms with Crippen molar-refractivity contribution < 1.29 is 41.2 Å². The second-order valence-corrected chi connectivity index (χ2v) is 2.91. The molecule has 0 aromatic carbocycles. The fraction of sp³-hybridized carbons (Fsp3) is 0.667. The molecule has 0 saturated heterocycles. The minimum atomic E-state index is 0. The monoisotopic (exact) mass is 397 g/mol. The summed E-state index contributed by atoms with van der Waals surface area (Å²) in [6.07, 6.45) is 9.86. The molecule has 0 atom stereocenters. The zero-order valence-corrected chi connectivity index (χ0v) is 14.6. The summed E-state index contributed by atoms with van der Waals surface area (Å²) in [5.41, 5.74) is 1.39. The van der Waals surface area contributed by atoms with Crippen molar-refractivity contribution in [3.05, 3.63) is 23.8 Å². The van der Waals surface area contributed by atoms with Gasteiger partial charge in [-0.2, -0.15) is 6.08 Å². The normalized spacial score (nSPS) is 10.7. The predicted octanol–water partition coefficient (Wildman–Crippen LogP) is 1.54. The fourth-order valence-electron chi connectivity index (χ4n) is 1.03. The van der Waals surface area contributed by atoms with Crippen molar-refractivity contribution in [3.8, 4) is 0 Å². The Morgan fingerprint density at radius 2 is 1.56 bits per heavy atom. The summed E-state index contributed by atoms with van der Waals surface area (Å²) >= 11 is 0. The number of hydrogen-bond acceptors (Lipinski definition) is 3. The van der Waals surface area contributed by atoms with E-state index in [1.165, 1.54) is 12.0 Å². The number of aliphatic hydroxyl groups excluding tert-OH is 3. The molecule has 0 aliphatic heterocycles. The molecule has 1 aliphatic carbocycles. The van der Waals surface area contributed by atoms with Crippen molar-refractivity contribution in [2.24, 2.45) is 5.92 Å². The maximum absolute atomic E-state index is 7.00. The van der Waals surface area contributed by atoms with Crippen LogP contribution < -0.4 is 0 Å². The average molecular weight is 396 g/mol. The Bertz CT molecular complexity index is 154. The Morgan fingerprint density at radius 3 is 1.81 bits per heavy atom. The van der Waals surface area contributed by atoms with Crippen LogP contribution in [0, 0.1) is 12.0 Å². The molecule has 16 heavy (non-hydrogen) atoms. The molecule has 4 heteroatoms. The van der Waals surface area contributed by atoms with Gasteiger partial charge in [-0.05, 0) is 5.92 Å². The van der Waals surface area contributed by atoms with Gasteiger partial charge >= 0.3 is 0 Å². The molecule has 0 heterocycles. The van der Waals surface area contributed by atoms with Crippen LogP contribution in [0.15, 0.2) is 17.7 Å². The van der Waals surface area contributed by atoms with Gasteiger partial charge in [-0.1, -0.05) is 20.3 Å². The van der Waals surface area contributed by atoms with E-state index in [9.17, 15) is 0 Å². The summed E-state index contributed by atoms with van der Waals surface area (Å²) < 4.78 is 0. The van der Waals surface area contributed by atoms with Crippen molar-refractivity contribution >= 4 is 0 Å². The van der Waals surface area contributed by atoms with Crippen molar-refractivity contribution in [3.63, 3.8) is 0 Å². The number of rotatable bonds is 2. The molecule has 0 aromatic heterocycles. The van der Waals surface area contributed by atoms with E-state index in [1.807, 2.05) is 0 Å². The van der Waals surface area contributed by atoms with Crippen LogP contribution in [-0.2, 0) is 25.8 Å². The minimum Gasteiger partial charge on any atom is -0.400 e. The summed E-state index contributed by atoms with van der Waals surface area (Å²) in [6, 6.07) is 0. The van der Waals surface area contributed by atoms with Crippen molar-refractivity contribution in [2.45, 2.75) is 26.7 Å². The Balaban J connectivity index is -0.0000000900. The standard InChI is InChI=1S/C9H13.3CH4O.Hf/c1-8(2)7-9-5-3-4-6-9;3*1-2;/h3,5,8H,4,7H2,1-2H3;3*2H,1H3;/q-1;;;;. The first kappa shape index (κ1) is 25.2. The van der Waals surface area contributed by atoms with E-state index in [4.69, 9.17) is 15.3 Å². The molecule has 3 N–H and O–H groups in total. The molecule has 0 aromatic rings. The maximum Gasteiger partial charge on any atom is 0.0319 e. The van der Waals surface area contributed by atoms with E-state index in [2.05, 4.69) is 32.1 Å². The van der Waals surface area contributed by atoms with Crippen molar-refractivity contribution in [2.75, 3.05) is 21.3 Å². The number of allylic oxidation sites excluding steroid dienone is 4. The molecule has 0 radical (unpaired) electrons. The van der Waals surface area contributed by atoms with Crippen LogP contribution in [0.25, 0.3) is 0 Å². The van der Waals surface area contributed by atoms with Gasteiger partial charge in [-0.25, -0.2) is 11.6 Å². The maximum atomic E-state index is 7.00. The van der Waals surface area contributed by atoms with E-state index in [1.54, 1.807) is 0 Å². The van der Waals surface area contributed by atoms with E-state index >= 15 is 0 Å². The third-order valence-corrected chi connectivity index (χ3v) is 1.39. The molecular formula is C12H25HfO3-. The fourth-order valence-corrected chi connectivity index (χ4v) is 1.03. The zero-order valence-electron chi connectivity index (χ0n) is 11.0. The second kappa shape index (κ2) is 24.5. The Kier molecular flexibility index (Phi) is 38.5. The van der Waals surface area contributed by atoms with Crippen LogP contribution in [-0.4, -0.2) is 36.6 Å². The second-order valence-electron chi connectivity index (χ2n) is 2.91. The molecule has 0 unspecified atom stereocenters.